The van der Waals surface area contributed by atoms with Crippen LogP contribution in [0.5, 0.6) is 0 Å². The number of aliphatic hydroxyl groups is 1. The van der Waals surface area contributed by atoms with E-state index >= 15 is 0 Å². The molecule has 0 saturated heterocycles. The zero-order valence-electron chi connectivity index (χ0n) is 17.2. The van der Waals surface area contributed by atoms with Crippen molar-refractivity contribution in [2.24, 2.45) is 0 Å². The van der Waals surface area contributed by atoms with Crippen LogP contribution in [0.2, 0.25) is 5.02 Å². The van der Waals surface area contributed by atoms with Crippen LogP contribution in [0.15, 0.2) is 66.7 Å². The Morgan fingerprint density at radius 2 is 1.84 bits per heavy atom. The second-order valence-corrected chi connectivity index (χ2v) is 8.64. The molecule has 0 heterocycles. The van der Waals surface area contributed by atoms with Crippen LogP contribution in [0.1, 0.15) is 50.7 Å². The van der Waals surface area contributed by atoms with Crippen molar-refractivity contribution in [1.29, 1.82) is 0 Å². The Morgan fingerprint density at radius 1 is 1.03 bits per heavy atom. The molecule has 5 heteroatoms. The van der Waals surface area contributed by atoms with Gasteiger partial charge in [0.15, 0.2) is 0 Å². The van der Waals surface area contributed by atoms with Crippen LogP contribution in [0, 0.1) is 0 Å². The number of nitrogens with one attached hydrogen (secondary N) is 1. The second-order valence-electron chi connectivity index (χ2n) is 8.20. The highest BCUT2D eigenvalue weighted by Gasteiger charge is 2.20. The average molecular weight is 436 g/mol. The van der Waals surface area contributed by atoms with Gasteiger partial charge in [-0.15, -0.1) is 0 Å². The van der Waals surface area contributed by atoms with Crippen molar-refractivity contribution in [3.8, 4) is 0 Å². The lowest BCUT2D eigenvalue weighted by molar-refractivity contribution is 0.0696. The first kappa shape index (κ1) is 21.6. The first-order valence-corrected chi connectivity index (χ1v) is 11.0. The highest BCUT2D eigenvalue weighted by molar-refractivity contribution is 6.30. The van der Waals surface area contributed by atoms with E-state index in [1.54, 1.807) is 30.3 Å². The number of carboxylic acids is 1. The van der Waals surface area contributed by atoms with Crippen molar-refractivity contribution in [3.05, 3.63) is 105 Å². The minimum atomic E-state index is -0.902. The van der Waals surface area contributed by atoms with Crippen LogP contribution in [0.25, 0.3) is 0 Å². The van der Waals surface area contributed by atoms with Crippen LogP contribution >= 0.6 is 11.6 Å². The second kappa shape index (κ2) is 9.65. The Bertz CT molecular complexity index is 1080. The third kappa shape index (κ3) is 5.53. The fourth-order valence-electron chi connectivity index (χ4n) is 4.25. The number of carbonyl (C=O) groups is 1. The molecule has 3 aromatic rings. The molecule has 0 fully saturated rings. The van der Waals surface area contributed by atoms with Gasteiger partial charge in [-0.05, 0) is 77.8 Å². The fraction of sp³-hybridized carbons (Fsp3) is 0.269. The Balaban J connectivity index is 1.39. The summed E-state index contributed by atoms with van der Waals surface area (Å²) in [4.78, 5) is 11.2. The van der Waals surface area contributed by atoms with E-state index in [2.05, 4.69) is 23.5 Å². The number of benzene rings is 3. The molecule has 0 radical (unpaired) electrons. The third-order valence-electron chi connectivity index (χ3n) is 5.91. The van der Waals surface area contributed by atoms with Crippen molar-refractivity contribution >= 4 is 17.6 Å². The van der Waals surface area contributed by atoms with Gasteiger partial charge in [-0.25, -0.2) is 4.79 Å². The van der Waals surface area contributed by atoms with E-state index in [1.165, 1.54) is 16.7 Å². The average Bonchev–Trinajstić information content (AvgIpc) is 2.77. The van der Waals surface area contributed by atoms with Gasteiger partial charge in [0, 0.05) is 17.6 Å². The van der Waals surface area contributed by atoms with Gasteiger partial charge in [0.05, 0.1) is 11.7 Å². The molecule has 1 aliphatic rings. The number of halogens is 1. The molecule has 0 saturated carbocycles. The summed E-state index contributed by atoms with van der Waals surface area (Å²) >= 11 is 6.03. The monoisotopic (exact) mass is 435 g/mol. The van der Waals surface area contributed by atoms with Crippen LogP contribution < -0.4 is 5.32 Å². The minimum absolute atomic E-state index is 0.312. The summed E-state index contributed by atoms with van der Waals surface area (Å²) in [5.74, 6) is -0.902. The lowest BCUT2D eigenvalue weighted by Gasteiger charge is -2.27. The fourth-order valence-corrected chi connectivity index (χ4v) is 4.45. The number of carboxylic acid groups (broad SMARTS) is 1. The summed E-state index contributed by atoms with van der Waals surface area (Å²) in [6, 6.07) is 21.4. The summed E-state index contributed by atoms with van der Waals surface area (Å²) in [5, 5.41) is 23.8. The maximum atomic E-state index is 11.2. The Hall–Kier alpha value is -2.66. The molecule has 4 nitrogen and oxygen atoms in total. The van der Waals surface area contributed by atoms with E-state index in [9.17, 15) is 15.0 Å². The zero-order valence-corrected chi connectivity index (χ0v) is 18.0. The Morgan fingerprint density at radius 3 is 2.65 bits per heavy atom. The van der Waals surface area contributed by atoms with E-state index in [-0.39, 0.29) is 0 Å². The molecule has 3 N–H and O–H groups in total. The lowest BCUT2D eigenvalue weighted by Crippen LogP contribution is -2.37. The van der Waals surface area contributed by atoms with E-state index in [1.807, 2.05) is 18.2 Å². The number of aromatic carboxylic acids is 1. The zero-order chi connectivity index (χ0) is 21.8. The largest absolute Gasteiger partial charge is 0.478 e. The highest BCUT2D eigenvalue weighted by Crippen LogP contribution is 2.25. The SMILES string of the molecule is O=C(O)c1cccc(Cc2ccc3c(c2)C[C@@H](NC[C@@H](O)c2cccc(Cl)c2)CC3)c1. The molecule has 0 amide bonds. The van der Waals surface area contributed by atoms with Crippen molar-refractivity contribution < 1.29 is 15.0 Å². The molecule has 3 aromatic carbocycles. The number of aryl methyl sites for hydroxylation is 1. The Kier molecular flexibility index (Phi) is 6.71. The molecular weight excluding hydrogens is 410 g/mol. The van der Waals surface area contributed by atoms with Gasteiger partial charge in [0.25, 0.3) is 0 Å². The molecule has 1 aliphatic carbocycles. The summed E-state index contributed by atoms with van der Waals surface area (Å²) in [5.41, 5.74) is 6.01. The van der Waals surface area contributed by atoms with Crippen molar-refractivity contribution in [1.82, 2.24) is 5.32 Å². The molecule has 0 unspecified atom stereocenters. The molecule has 0 aliphatic heterocycles. The summed E-state index contributed by atoms with van der Waals surface area (Å²) < 4.78 is 0. The first-order chi connectivity index (χ1) is 15.0. The number of hydrogen-bond donors (Lipinski definition) is 3. The number of aliphatic hydroxyl groups excluding tert-OH is 1. The van der Waals surface area contributed by atoms with Gasteiger partial charge in [0.2, 0.25) is 0 Å². The quantitative estimate of drug-likeness (QED) is 0.498. The van der Waals surface area contributed by atoms with Crippen LogP contribution in [0.3, 0.4) is 0 Å². The van der Waals surface area contributed by atoms with Gasteiger partial charge in [-0.2, -0.15) is 0 Å². The third-order valence-corrected chi connectivity index (χ3v) is 6.15. The molecular formula is C26H26ClNO3. The van der Waals surface area contributed by atoms with E-state index < -0.39 is 12.1 Å². The maximum absolute atomic E-state index is 11.2. The maximum Gasteiger partial charge on any atom is 0.335 e. The predicted octanol–water partition coefficient (Wildman–Crippen LogP) is 4.81. The standard InChI is InChI=1S/C26H26ClNO3/c27-23-6-2-4-20(14-23)25(29)16-28-24-10-9-19-8-7-18(13-22(19)15-24)11-17-3-1-5-21(12-17)26(30)31/h1-8,12-14,24-25,28-29H,9-11,15-16H2,(H,30,31)/t24-,25+/m0/s1. The van der Waals surface area contributed by atoms with Crippen LogP contribution in [0.4, 0.5) is 0 Å². The van der Waals surface area contributed by atoms with Crippen molar-refractivity contribution in [3.63, 3.8) is 0 Å². The van der Waals surface area contributed by atoms with E-state index in [0.717, 1.165) is 30.4 Å². The molecule has 2 atom stereocenters. The molecule has 0 spiro atoms. The van der Waals surface area contributed by atoms with Gasteiger partial charge >= 0.3 is 5.97 Å². The molecule has 0 bridgehead atoms. The van der Waals surface area contributed by atoms with E-state index in [4.69, 9.17) is 11.6 Å². The van der Waals surface area contributed by atoms with Gasteiger partial charge in [-0.1, -0.05) is 54.1 Å². The van der Waals surface area contributed by atoms with Crippen molar-refractivity contribution in [2.45, 2.75) is 37.8 Å². The van der Waals surface area contributed by atoms with Gasteiger partial charge in [0.1, 0.15) is 0 Å². The predicted molar refractivity (Wildman–Crippen MR) is 123 cm³/mol. The first-order valence-electron chi connectivity index (χ1n) is 10.6. The smallest absolute Gasteiger partial charge is 0.335 e. The summed E-state index contributed by atoms with van der Waals surface area (Å²) in [6.45, 7) is 0.488. The molecule has 0 aromatic heterocycles. The minimum Gasteiger partial charge on any atom is -0.478 e. The molecule has 31 heavy (non-hydrogen) atoms. The Labute approximate surface area is 187 Å². The van der Waals surface area contributed by atoms with Crippen molar-refractivity contribution in [2.75, 3.05) is 6.54 Å². The van der Waals surface area contributed by atoms with Crippen LogP contribution in [-0.4, -0.2) is 28.8 Å². The number of rotatable bonds is 7. The molecule has 160 valence electrons. The summed E-state index contributed by atoms with van der Waals surface area (Å²) in [6.07, 6.45) is 3.08. The topological polar surface area (TPSA) is 69.6 Å². The van der Waals surface area contributed by atoms with Gasteiger partial charge in [-0.3, -0.25) is 0 Å². The van der Waals surface area contributed by atoms with E-state index in [0.29, 0.717) is 29.6 Å². The highest BCUT2D eigenvalue weighted by atomic mass is 35.5. The molecule has 4 rings (SSSR count). The lowest BCUT2D eigenvalue weighted by atomic mass is 9.86. The van der Waals surface area contributed by atoms with Gasteiger partial charge < -0.3 is 15.5 Å². The summed E-state index contributed by atoms with van der Waals surface area (Å²) in [7, 11) is 0. The normalized spacial score (nSPS) is 16.5. The number of hydrogen-bond acceptors (Lipinski definition) is 3. The number of fused-ring (bicyclic) bond motifs is 1. The van der Waals surface area contributed by atoms with Crippen LogP contribution in [-0.2, 0) is 19.3 Å².